The monoisotopic (exact) mass is 363 g/mol. The molecule has 92 valence electrons. The van der Waals surface area contributed by atoms with E-state index in [9.17, 15) is 8.42 Å². The van der Waals surface area contributed by atoms with Crippen molar-refractivity contribution in [3.05, 3.63) is 53.1 Å². The highest BCUT2D eigenvalue weighted by atomic mass is 127. The Hall–Kier alpha value is -0.660. The lowest BCUT2D eigenvalue weighted by molar-refractivity contribution is 0.473. The minimum absolute atomic E-state index is 0.277. The zero-order chi connectivity index (χ0) is 12.9. The molecule has 3 nitrogen and oxygen atoms in total. The van der Waals surface area contributed by atoms with Gasteiger partial charge in [0.15, 0.2) is 0 Å². The molecule has 0 saturated heterocycles. The van der Waals surface area contributed by atoms with Crippen LogP contribution in [0.4, 0.5) is 0 Å². The topological polar surface area (TPSA) is 37.4 Å². The summed E-state index contributed by atoms with van der Waals surface area (Å²) in [5, 5.41) is 0. The van der Waals surface area contributed by atoms with Crippen LogP contribution in [0, 0.1) is 0 Å². The maximum atomic E-state index is 12.3. The van der Waals surface area contributed by atoms with Crippen molar-refractivity contribution in [1.82, 2.24) is 4.31 Å². The van der Waals surface area contributed by atoms with Gasteiger partial charge in [0, 0.05) is 13.1 Å². The van der Waals surface area contributed by atoms with Gasteiger partial charge in [-0.3, -0.25) is 0 Å². The Morgan fingerprint density at radius 1 is 1.35 bits per heavy atom. The molecule has 0 fully saturated rings. The molecule has 0 aromatic heterocycles. The van der Waals surface area contributed by atoms with Gasteiger partial charge in [0.25, 0.3) is 0 Å². The van der Waals surface area contributed by atoms with Gasteiger partial charge in [-0.25, -0.2) is 8.42 Å². The van der Waals surface area contributed by atoms with Crippen LogP contribution in [0.5, 0.6) is 0 Å². The van der Waals surface area contributed by atoms with E-state index in [2.05, 4.69) is 13.2 Å². The van der Waals surface area contributed by atoms with E-state index in [-0.39, 0.29) is 6.54 Å². The van der Waals surface area contributed by atoms with Crippen molar-refractivity contribution >= 4 is 32.6 Å². The van der Waals surface area contributed by atoms with Crippen molar-refractivity contribution in [3.8, 4) is 0 Å². The van der Waals surface area contributed by atoms with Crippen molar-refractivity contribution in [1.29, 1.82) is 0 Å². The first kappa shape index (κ1) is 14.4. The van der Waals surface area contributed by atoms with Gasteiger partial charge in [0.1, 0.15) is 0 Å². The summed E-state index contributed by atoms with van der Waals surface area (Å²) in [7, 11) is -3.46. The maximum Gasteiger partial charge on any atom is 0.243 e. The number of rotatable bonds is 6. The minimum atomic E-state index is -3.46. The fourth-order valence-corrected chi connectivity index (χ4v) is 3.39. The molecule has 0 aliphatic carbocycles. The van der Waals surface area contributed by atoms with Crippen molar-refractivity contribution in [2.75, 3.05) is 13.1 Å². The minimum Gasteiger partial charge on any atom is -0.207 e. The van der Waals surface area contributed by atoms with E-state index in [1.54, 1.807) is 36.4 Å². The second-order valence-electron chi connectivity index (χ2n) is 3.42. The number of hydrogen-bond acceptors (Lipinski definition) is 2. The van der Waals surface area contributed by atoms with Crippen LogP contribution in [-0.2, 0) is 10.0 Å². The molecule has 1 aromatic rings. The third-order valence-electron chi connectivity index (χ3n) is 2.06. The van der Waals surface area contributed by atoms with Crippen molar-refractivity contribution in [2.45, 2.75) is 4.90 Å². The molecule has 0 unspecified atom stereocenters. The van der Waals surface area contributed by atoms with Crippen LogP contribution in [0.2, 0.25) is 0 Å². The number of benzene rings is 1. The molecule has 0 N–H and O–H groups in total. The summed E-state index contributed by atoms with van der Waals surface area (Å²) in [6.07, 6.45) is 1.57. The molecule has 0 heterocycles. The highest BCUT2D eigenvalue weighted by molar-refractivity contribution is 14.1. The summed E-state index contributed by atoms with van der Waals surface area (Å²) >= 11 is 2.02. The van der Waals surface area contributed by atoms with Gasteiger partial charge in [-0.2, -0.15) is 4.31 Å². The molecular weight excluding hydrogens is 349 g/mol. The van der Waals surface area contributed by atoms with Gasteiger partial charge in [-0.15, -0.1) is 6.58 Å². The third kappa shape index (κ3) is 3.93. The Kier molecular flexibility index (Phi) is 5.35. The Balaban J connectivity index is 3.08. The molecule has 0 bridgehead atoms. The molecule has 1 aromatic carbocycles. The lowest BCUT2D eigenvalue weighted by Gasteiger charge is -2.20. The van der Waals surface area contributed by atoms with Gasteiger partial charge in [-0.1, -0.05) is 30.9 Å². The van der Waals surface area contributed by atoms with E-state index in [1.807, 2.05) is 22.6 Å². The van der Waals surface area contributed by atoms with Gasteiger partial charge < -0.3 is 0 Å². The smallest absolute Gasteiger partial charge is 0.207 e. The first-order valence-corrected chi connectivity index (χ1v) is 7.49. The van der Waals surface area contributed by atoms with Gasteiger partial charge in [-0.05, 0) is 38.3 Å². The van der Waals surface area contributed by atoms with E-state index < -0.39 is 10.0 Å². The largest absolute Gasteiger partial charge is 0.243 e. The van der Waals surface area contributed by atoms with Crippen LogP contribution < -0.4 is 0 Å². The molecule has 17 heavy (non-hydrogen) atoms. The summed E-state index contributed by atoms with van der Waals surface area (Å²) in [4.78, 5) is 0.291. The second kappa shape index (κ2) is 6.32. The summed E-state index contributed by atoms with van der Waals surface area (Å²) in [6.45, 7) is 7.88. The lowest BCUT2D eigenvalue weighted by atomic mass is 10.4. The molecule has 0 spiro atoms. The average Bonchev–Trinajstić information content (AvgIpc) is 2.29. The van der Waals surface area contributed by atoms with Crippen LogP contribution >= 0.6 is 22.6 Å². The van der Waals surface area contributed by atoms with Crippen LogP contribution in [0.1, 0.15) is 0 Å². The molecule has 0 radical (unpaired) electrons. The van der Waals surface area contributed by atoms with Crippen molar-refractivity contribution in [2.24, 2.45) is 0 Å². The molecule has 0 aliphatic heterocycles. The number of hydrogen-bond donors (Lipinski definition) is 0. The van der Waals surface area contributed by atoms with Crippen molar-refractivity contribution in [3.63, 3.8) is 0 Å². The highest BCUT2D eigenvalue weighted by Crippen LogP contribution is 2.17. The lowest BCUT2D eigenvalue weighted by Crippen LogP contribution is -2.32. The van der Waals surface area contributed by atoms with Crippen LogP contribution in [0.25, 0.3) is 0 Å². The SMILES string of the molecule is C=CCN(CC(=C)I)S(=O)(=O)c1ccccc1. The summed E-state index contributed by atoms with van der Waals surface area (Å²) in [6, 6.07) is 8.37. The standard InChI is InChI=1S/C12H14INO2S/c1-3-9-14(10-11(2)13)17(15,16)12-7-5-4-6-8-12/h3-8H,1-2,9-10H2. The van der Waals surface area contributed by atoms with E-state index in [0.717, 1.165) is 3.58 Å². The predicted octanol–water partition coefficient (Wildman–Crippen LogP) is 2.81. The first-order chi connectivity index (χ1) is 7.98. The van der Waals surface area contributed by atoms with Crippen LogP contribution in [-0.4, -0.2) is 25.8 Å². The molecule has 0 atom stereocenters. The van der Waals surface area contributed by atoms with Crippen LogP contribution in [0.3, 0.4) is 0 Å². The summed E-state index contributed by atoms with van der Waals surface area (Å²) in [5.74, 6) is 0. The fourth-order valence-electron chi connectivity index (χ4n) is 1.32. The molecule has 0 aliphatic rings. The predicted molar refractivity (Wildman–Crippen MR) is 78.6 cm³/mol. The van der Waals surface area contributed by atoms with Crippen molar-refractivity contribution < 1.29 is 8.42 Å². The maximum absolute atomic E-state index is 12.3. The molecule has 1 rings (SSSR count). The molecule has 0 saturated carbocycles. The fraction of sp³-hybridized carbons (Fsp3) is 0.167. The van der Waals surface area contributed by atoms with E-state index in [4.69, 9.17) is 0 Å². The number of halogens is 1. The summed E-state index contributed by atoms with van der Waals surface area (Å²) in [5.41, 5.74) is 0. The Morgan fingerprint density at radius 3 is 2.41 bits per heavy atom. The van der Waals surface area contributed by atoms with E-state index in [1.165, 1.54) is 4.31 Å². The van der Waals surface area contributed by atoms with Gasteiger partial charge in [0.2, 0.25) is 10.0 Å². The first-order valence-electron chi connectivity index (χ1n) is 4.98. The van der Waals surface area contributed by atoms with E-state index in [0.29, 0.717) is 11.4 Å². The zero-order valence-corrected chi connectivity index (χ0v) is 12.3. The summed E-state index contributed by atoms with van der Waals surface area (Å²) < 4.78 is 26.7. The Bertz CT molecular complexity index is 496. The average molecular weight is 363 g/mol. The van der Waals surface area contributed by atoms with E-state index >= 15 is 0 Å². The molecule has 0 amide bonds. The Labute approximate surface area is 116 Å². The van der Waals surface area contributed by atoms with Gasteiger partial charge in [0.05, 0.1) is 4.90 Å². The number of sulfonamides is 1. The van der Waals surface area contributed by atoms with Crippen LogP contribution in [0.15, 0.2) is 58.0 Å². The zero-order valence-electron chi connectivity index (χ0n) is 9.34. The molecular formula is C12H14INO2S. The quantitative estimate of drug-likeness (QED) is 0.576. The van der Waals surface area contributed by atoms with Gasteiger partial charge >= 0.3 is 0 Å². The Morgan fingerprint density at radius 2 is 1.94 bits per heavy atom. The third-order valence-corrected chi connectivity index (χ3v) is 4.23. The molecule has 5 heteroatoms. The normalized spacial score (nSPS) is 11.4. The second-order valence-corrected chi connectivity index (χ2v) is 6.88. The highest BCUT2D eigenvalue weighted by Gasteiger charge is 2.22. The number of nitrogens with zero attached hydrogens (tertiary/aromatic N) is 1.